The van der Waals surface area contributed by atoms with Crippen molar-refractivity contribution in [3.8, 4) is 6.07 Å². The minimum absolute atomic E-state index is 0.0121. The van der Waals surface area contributed by atoms with Crippen LogP contribution in [0.25, 0.3) is 5.82 Å². The number of nitrogens with zero attached hydrogens (tertiary/aromatic N) is 4. The zero-order valence-corrected chi connectivity index (χ0v) is 20.3. The minimum Gasteiger partial charge on any atom is -0.314 e. The second-order valence-corrected chi connectivity index (χ2v) is 9.51. The normalized spacial score (nSPS) is 21.2. The summed E-state index contributed by atoms with van der Waals surface area (Å²) in [4.78, 5) is 31.0. The second-order valence-electron chi connectivity index (χ2n) is 9.51. The number of fused-ring (bicyclic) bond motifs is 3. The molecule has 190 valence electrons. The van der Waals surface area contributed by atoms with Gasteiger partial charge in [0.1, 0.15) is 17.3 Å². The Morgan fingerprint density at radius 3 is 2.42 bits per heavy atom. The number of para-hydroxylation sites is 1. The first kappa shape index (κ1) is 23.8. The fraction of sp³-hybridized carbons (Fsp3) is 0.207. The number of halogens is 3. The number of hydrogen-bond acceptors (Lipinski definition) is 4. The van der Waals surface area contributed by atoms with E-state index < -0.39 is 23.1 Å². The van der Waals surface area contributed by atoms with Crippen molar-refractivity contribution >= 4 is 28.9 Å². The third-order valence-corrected chi connectivity index (χ3v) is 7.53. The summed E-state index contributed by atoms with van der Waals surface area (Å²) in [5, 5.41) is 10.7. The standard InChI is InChI=1S/C29H21F3N4O2/c1-34-22-11-3-2-10-20(22)28(27(34)38)21(17-33)26(35-14-4-5-15-35)36(23-12-7-13-24(37)25(23)28)19-9-6-8-18(16-19)29(30,31)32/h2-6,8-11,14-16H,7,12-13H2,1H3/t28-/m0/s1. The smallest absolute Gasteiger partial charge is 0.314 e. The van der Waals surface area contributed by atoms with Crippen LogP contribution in [0.2, 0.25) is 0 Å². The molecule has 1 spiro atoms. The highest BCUT2D eigenvalue weighted by molar-refractivity contribution is 6.21. The number of anilines is 2. The molecular weight excluding hydrogens is 493 g/mol. The van der Waals surface area contributed by atoms with E-state index in [2.05, 4.69) is 6.07 Å². The second kappa shape index (κ2) is 8.21. The van der Waals surface area contributed by atoms with Crippen molar-refractivity contribution in [3.63, 3.8) is 0 Å². The van der Waals surface area contributed by atoms with Gasteiger partial charge in [0.25, 0.3) is 0 Å². The molecule has 0 saturated heterocycles. The van der Waals surface area contributed by atoms with E-state index in [1.54, 1.807) is 65.3 Å². The van der Waals surface area contributed by atoms with Gasteiger partial charge in [-0.25, -0.2) is 0 Å². The molecule has 0 N–H and O–H groups in total. The zero-order valence-electron chi connectivity index (χ0n) is 20.3. The van der Waals surface area contributed by atoms with E-state index in [0.29, 0.717) is 29.8 Å². The summed E-state index contributed by atoms with van der Waals surface area (Å²) < 4.78 is 42.8. The molecule has 1 amide bonds. The molecule has 3 aromatic rings. The average molecular weight is 515 g/mol. The third kappa shape index (κ3) is 3.06. The van der Waals surface area contributed by atoms with Crippen molar-refractivity contribution in [2.75, 3.05) is 16.8 Å². The number of Topliss-reactive ketones (excluding diaryl/α,β-unsaturated/α-hetero) is 1. The molecule has 0 unspecified atom stereocenters. The Bertz CT molecular complexity index is 1610. The molecule has 6 rings (SSSR count). The first-order valence-electron chi connectivity index (χ1n) is 12.1. The number of rotatable bonds is 2. The summed E-state index contributed by atoms with van der Waals surface area (Å²) in [7, 11) is 1.60. The predicted molar refractivity (Wildman–Crippen MR) is 135 cm³/mol. The molecule has 38 heavy (non-hydrogen) atoms. The quantitative estimate of drug-likeness (QED) is 0.444. The van der Waals surface area contributed by atoms with Crippen LogP contribution in [0.3, 0.4) is 0 Å². The fourth-order valence-electron chi connectivity index (χ4n) is 6.01. The van der Waals surface area contributed by atoms with Crippen LogP contribution in [0.1, 0.15) is 30.4 Å². The fourth-order valence-corrected chi connectivity index (χ4v) is 6.01. The predicted octanol–water partition coefficient (Wildman–Crippen LogP) is 5.64. The molecule has 2 aromatic carbocycles. The van der Waals surface area contributed by atoms with E-state index in [4.69, 9.17) is 0 Å². The van der Waals surface area contributed by atoms with Gasteiger partial charge in [-0.15, -0.1) is 0 Å². The monoisotopic (exact) mass is 514 g/mol. The number of nitriles is 1. The number of benzene rings is 2. The van der Waals surface area contributed by atoms with Crippen LogP contribution in [0.4, 0.5) is 24.5 Å². The van der Waals surface area contributed by atoms with Gasteiger partial charge in [0, 0.05) is 54.1 Å². The van der Waals surface area contributed by atoms with Crippen LogP contribution in [0.15, 0.2) is 89.9 Å². The SMILES string of the molecule is CN1C(=O)[C@]2(C(C#N)=C(n3cccc3)N(c3cccc(C(F)(F)F)c3)C3=C2C(=O)CCC3)c2ccccc21. The molecule has 1 atom stereocenters. The molecule has 0 bridgehead atoms. The lowest BCUT2D eigenvalue weighted by molar-refractivity contribution is -0.137. The molecule has 6 nitrogen and oxygen atoms in total. The maximum absolute atomic E-state index is 14.2. The van der Waals surface area contributed by atoms with Gasteiger partial charge < -0.3 is 9.47 Å². The molecule has 3 aliphatic rings. The largest absolute Gasteiger partial charge is 0.416 e. The molecule has 0 fully saturated rings. The molecule has 9 heteroatoms. The van der Waals surface area contributed by atoms with Crippen molar-refractivity contribution in [1.29, 1.82) is 5.26 Å². The molecule has 1 aliphatic carbocycles. The number of hydrogen-bond donors (Lipinski definition) is 0. The zero-order chi connectivity index (χ0) is 26.8. The molecule has 1 aromatic heterocycles. The highest BCUT2D eigenvalue weighted by Crippen LogP contribution is 2.57. The Morgan fingerprint density at radius 1 is 0.974 bits per heavy atom. The Morgan fingerprint density at radius 2 is 1.71 bits per heavy atom. The summed E-state index contributed by atoms with van der Waals surface area (Å²) in [6, 6.07) is 17.5. The van der Waals surface area contributed by atoms with E-state index in [9.17, 15) is 28.0 Å². The van der Waals surface area contributed by atoms with Gasteiger partial charge in [0.15, 0.2) is 5.78 Å². The van der Waals surface area contributed by atoms with Crippen molar-refractivity contribution < 1.29 is 22.8 Å². The van der Waals surface area contributed by atoms with Crippen LogP contribution in [-0.2, 0) is 21.2 Å². The van der Waals surface area contributed by atoms with Crippen LogP contribution < -0.4 is 9.80 Å². The van der Waals surface area contributed by atoms with Crippen LogP contribution in [-0.4, -0.2) is 23.3 Å². The van der Waals surface area contributed by atoms with E-state index in [1.165, 1.54) is 17.0 Å². The number of carbonyl (C=O) groups excluding carboxylic acids is 2. The Balaban J connectivity index is 1.77. The molecule has 2 aliphatic heterocycles. The third-order valence-electron chi connectivity index (χ3n) is 7.53. The van der Waals surface area contributed by atoms with Gasteiger partial charge >= 0.3 is 6.18 Å². The Labute approximate surface area is 216 Å². The molecular formula is C29H21F3N4O2. The molecule has 3 heterocycles. The summed E-state index contributed by atoms with van der Waals surface area (Å²) >= 11 is 0. The number of allylic oxidation sites excluding steroid dienone is 1. The highest BCUT2D eigenvalue weighted by Gasteiger charge is 2.62. The van der Waals surface area contributed by atoms with E-state index in [-0.39, 0.29) is 34.9 Å². The number of alkyl halides is 3. The summed E-state index contributed by atoms with van der Waals surface area (Å²) in [6.45, 7) is 0. The van der Waals surface area contributed by atoms with Crippen LogP contribution in [0.5, 0.6) is 0 Å². The molecule has 0 saturated carbocycles. The topological polar surface area (TPSA) is 69.3 Å². The number of aromatic nitrogens is 1. The van der Waals surface area contributed by atoms with Gasteiger partial charge in [-0.1, -0.05) is 24.3 Å². The van der Waals surface area contributed by atoms with Gasteiger partial charge in [-0.2, -0.15) is 18.4 Å². The van der Waals surface area contributed by atoms with Crippen LogP contribution >= 0.6 is 0 Å². The summed E-state index contributed by atoms with van der Waals surface area (Å²) in [5.41, 5.74) is -0.730. The number of likely N-dealkylation sites (N-methyl/N-ethyl adjacent to an activating group) is 1. The van der Waals surface area contributed by atoms with Crippen molar-refractivity contribution in [3.05, 3.63) is 101 Å². The summed E-state index contributed by atoms with van der Waals surface area (Å²) in [6.07, 6.45) is -0.255. The Kier molecular flexibility index (Phi) is 5.14. The average Bonchev–Trinajstić information content (AvgIpc) is 3.51. The van der Waals surface area contributed by atoms with Crippen molar-refractivity contribution in [1.82, 2.24) is 4.57 Å². The highest BCUT2D eigenvalue weighted by atomic mass is 19.4. The minimum atomic E-state index is -4.59. The first-order valence-corrected chi connectivity index (χ1v) is 12.1. The number of amides is 1. The first-order chi connectivity index (χ1) is 18.2. The van der Waals surface area contributed by atoms with Gasteiger partial charge in [0.05, 0.1) is 11.1 Å². The maximum Gasteiger partial charge on any atom is 0.416 e. The van der Waals surface area contributed by atoms with E-state index >= 15 is 0 Å². The lowest BCUT2D eigenvalue weighted by Gasteiger charge is -2.45. The van der Waals surface area contributed by atoms with Gasteiger partial charge in [-0.05, 0) is 49.2 Å². The Hall–Kier alpha value is -4.58. The lowest BCUT2D eigenvalue weighted by Crippen LogP contribution is -2.51. The van der Waals surface area contributed by atoms with E-state index in [0.717, 1.165) is 12.1 Å². The van der Waals surface area contributed by atoms with Gasteiger partial charge in [-0.3, -0.25) is 14.5 Å². The lowest BCUT2D eigenvalue weighted by atomic mass is 9.63. The summed E-state index contributed by atoms with van der Waals surface area (Å²) in [5.74, 6) is -0.504. The van der Waals surface area contributed by atoms with Crippen LogP contribution in [0, 0.1) is 11.3 Å². The van der Waals surface area contributed by atoms with E-state index in [1.807, 2.05) is 0 Å². The number of carbonyl (C=O) groups is 2. The van der Waals surface area contributed by atoms with Crippen molar-refractivity contribution in [2.45, 2.75) is 30.9 Å². The van der Waals surface area contributed by atoms with Crippen molar-refractivity contribution in [2.24, 2.45) is 0 Å². The number of ketones is 1. The van der Waals surface area contributed by atoms with Gasteiger partial charge in [0.2, 0.25) is 5.91 Å². The maximum atomic E-state index is 14.2. The molecule has 0 radical (unpaired) electrons.